The Morgan fingerprint density at radius 3 is 2.40 bits per heavy atom. The van der Waals surface area contributed by atoms with Crippen LogP contribution in [0.2, 0.25) is 0 Å². The van der Waals surface area contributed by atoms with Crippen molar-refractivity contribution >= 4 is 25.7 Å². The zero-order valence-corrected chi connectivity index (χ0v) is 12.9. The number of anilines is 1. The highest BCUT2D eigenvalue weighted by atomic mass is 32.2. The van der Waals surface area contributed by atoms with Crippen molar-refractivity contribution in [1.29, 1.82) is 0 Å². The van der Waals surface area contributed by atoms with Crippen LogP contribution in [0.1, 0.15) is 12.0 Å². The van der Waals surface area contributed by atoms with Crippen LogP contribution in [0.15, 0.2) is 23.1 Å². The van der Waals surface area contributed by atoms with Gasteiger partial charge in [-0.15, -0.1) is 0 Å². The number of rotatable bonds is 7. The fourth-order valence-corrected chi connectivity index (χ4v) is 3.30. The lowest BCUT2D eigenvalue weighted by Crippen LogP contribution is -2.19. The van der Waals surface area contributed by atoms with Gasteiger partial charge < -0.3 is 4.74 Å². The molecular formula is C11H18N2O5S2. The first kappa shape index (κ1) is 16.9. The molecule has 114 valence electrons. The van der Waals surface area contributed by atoms with Crippen LogP contribution in [-0.4, -0.2) is 36.3 Å². The molecule has 3 N–H and O–H groups in total. The lowest BCUT2D eigenvalue weighted by molar-refractivity contribution is 0.199. The first-order valence-corrected chi connectivity index (χ1v) is 8.98. The lowest BCUT2D eigenvalue weighted by atomic mass is 10.2. The molecule has 20 heavy (non-hydrogen) atoms. The molecule has 7 nitrogen and oxygen atoms in total. The van der Waals surface area contributed by atoms with Crippen LogP contribution in [0.5, 0.6) is 0 Å². The zero-order valence-electron chi connectivity index (χ0n) is 11.3. The van der Waals surface area contributed by atoms with Gasteiger partial charge in [0.1, 0.15) is 0 Å². The van der Waals surface area contributed by atoms with Crippen LogP contribution in [-0.2, 0) is 24.8 Å². The molecule has 0 atom stereocenters. The van der Waals surface area contributed by atoms with Gasteiger partial charge in [0.2, 0.25) is 20.0 Å². The maximum Gasteiger partial charge on any atom is 0.238 e. The predicted octanol–water partition coefficient (Wildman–Crippen LogP) is 0.421. The minimum atomic E-state index is -3.80. The molecule has 9 heteroatoms. The van der Waals surface area contributed by atoms with Crippen molar-refractivity contribution in [2.75, 3.05) is 24.2 Å². The Balaban J connectivity index is 2.89. The van der Waals surface area contributed by atoms with Gasteiger partial charge in [0.25, 0.3) is 0 Å². The highest BCUT2D eigenvalue weighted by molar-refractivity contribution is 7.92. The van der Waals surface area contributed by atoms with Gasteiger partial charge in [0.05, 0.1) is 16.3 Å². The van der Waals surface area contributed by atoms with Gasteiger partial charge in [-0.2, -0.15) is 0 Å². The number of hydrogen-bond donors (Lipinski definition) is 2. The van der Waals surface area contributed by atoms with E-state index in [1.807, 2.05) is 0 Å². The van der Waals surface area contributed by atoms with Crippen molar-refractivity contribution < 1.29 is 21.6 Å². The first-order chi connectivity index (χ1) is 9.15. The number of nitrogens with two attached hydrogens (primary N) is 1. The predicted molar refractivity (Wildman–Crippen MR) is 76.5 cm³/mol. The minimum Gasteiger partial charge on any atom is -0.385 e. The summed E-state index contributed by atoms with van der Waals surface area (Å²) in [6.45, 7) is 1.95. The van der Waals surface area contributed by atoms with Crippen LogP contribution in [0.4, 0.5) is 5.69 Å². The van der Waals surface area contributed by atoms with Crippen LogP contribution in [0, 0.1) is 6.92 Å². The summed E-state index contributed by atoms with van der Waals surface area (Å²) < 4.78 is 53.2. The van der Waals surface area contributed by atoms with E-state index >= 15 is 0 Å². The summed E-state index contributed by atoms with van der Waals surface area (Å²) in [5.74, 6) is -0.0722. The molecule has 0 radical (unpaired) electrons. The number of methoxy groups -OCH3 is 1. The number of sulfonamides is 2. The van der Waals surface area contributed by atoms with Crippen molar-refractivity contribution in [1.82, 2.24) is 0 Å². The summed E-state index contributed by atoms with van der Waals surface area (Å²) >= 11 is 0. The monoisotopic (exact) mass is 322 g/mol. The molecule has 0 aliphatic heterocycles. The zero-order chi connectivity index (χ0) is 15.4. The van der Waals surface area contributed by atoms with Crippen LogP contribution < -0.4 is 9.86 Å². The Labute approximate surface area is 119 Å². The molecule has 0 saturated heterocycles. The fourth-order valence-electron chi connectivity index (χ4n) is 1.54. The largest absolute Gasteiger partial charge is 0.385 e. The number of nitrogens with one attached hydrogen (secondary N) is 1. The Morgan fingerprint density at radius 1 is 1.25 bits per heavy atom. The molecule has 0 unspecified atom stereocenters. The van der Waals surface area contributed by atoms with E-state index in [-0.39, 0.29) is 10.6 Å². The Bertz CT molecular complexity index is 668. The molecular weight excluding hydrogens is 304 g/mol. The molecule has 0 saturated carbocycles. The van der Waals surface area contributed by atoms with E-state index in [4.69, 9.17) is 9.88 Å². The van der Waals surface area contributed by atoms with Crippen LogP contribution in [0.25, 0.3) is 0 Å². The molecule has 1 rings (SSSR count). The maximum atomic E-state index is 11.8. The van der Waals surface area contributed by atoms with Gasteiger partial charge in [-0.1, -0.05) is 0 Å². The van der Waals surface area contributed by atoms with Crippen molar-refractivity contribution in [3.63, 3.8) is 0 Å². The topological polar surface area (TPSA) is 116 Å². The second-order valence-corrected chi connectivity index (χ2v) is 7.69. The summed E-state index contributed by atoms with van der Waals surface area (Å²) in [4.78, 5) is -0.0580. The van der Waals surface area contributed by atoms with Gasteiger partial charge in [0, 0.05) is 13.7 Å². The number of aryl methyl sites for hydroxylation is 1. The molecule has 0 bridgehead atoms. The van der Waals surface area contributed by atoms with Gasteiger partial charge in [-0.05, 0) is 37.1 Å². The number of primary sulfonamides is 1. The van der Waals surface area contributed by atoms with Gasteiger partial charge >= 0.3 is 0 Å². The minimum absolute atomic E-state index is 0.0580. The Kier molecular flexibility index (Phi) is 5.51. The summed E-state index contributed by atoms with van der Waals surface area (Å²) in [5.41, 5.74) is 0.807. The van der Waals surface area contributed by atoms with E-state index in [1.54, 1.807) is 6.92 Å². The third kappa shape index (κ3) is 5.08. The molecule has 0 aliphatic rings. The Hall–Kier alpha value is -1.16. The van der Waals surface area contributed by atoms with Crippen molar-refractivity contribution in [2.24, 2.45) is 5.14 Å². The molecule has 0 spiro atoms. The van der Waals surface area contributed by atoms with E-state index in [0.29, 0.717) is 24.3 Å². The van der Waals surface area contributed by atoms with Crippen LogP contribution in [0.3, 0.4) is 0 Å². The third-order valence-corrected chi connectivity index (χ3v) is 4.82. The average Bonchev–Trinajstić information content (AvgIpc) is 2.30. The van der Waals surface area contributed by atoms with Gasteiger partial charge in [0.15, 0.2) is 0 Å². The average molecular weight is 322 g/mol. The second-order valence-electron chi connectivity index (χ2n) is 4.29. The van der Waals surface area contributed by atoms with E-state index in [1.165, 1.54) is 25.3 Å². The van der Waals surface area contributed by atoms with E-state index < -0.39 is 20.0 Å². The first-order valence-electron chi connectivity index (χ1n) is 5.78. The van der Waals surface area contributed by atoms with E-state index in [9.17, 15) is 16.8 Å². The van der Waals surface area contributed by atoms with Gasteiger partial charge in [-0.25, -0.2) is 22.0 Å². The molecule has 0 heterocycles. The molecule has 1 aromatic rings. The summed E-state index contributed by atoms with van der Waals surface area (Å²) in [6.07, 6.45) is 0.375. The van der Waals surface area contributed by atoms with Crippen molar-refractivity contribution in [3.8, 4) is 0 Å². The lowest BCUT2D eigenvalue weighted by Gasteiger charge is -2.11. The third-order valence-electron chi connectivity index (χ3n) is 2.55. The fraction of sp³-hybridized carbons (Fsp3) is 0.455. The molecule has 0 aliphatic carbocycles. The van der Waals surface area contributed by atoms with Crippen LogP contribution >= 0.6 is 0 Å². The summed E-state index contributed by atoms with van der Waals surface area (Å²) in [7, 11) is -5.79. The highest BCUT2D eigenvalue weighted by Crippen LogP contribution is 2.20. The number of hydrogen-bond acceptors (Lipinski definition) is 5. The molecule has 0 fully saturated rings. The van der Waals surface area contributed by atoms with Crippen molar-refractivity contribution in [2.45, 2.75) is 18.2 Å². The van der Waals surface area contributed by atoms with E-state index in [2.05, 4.69) is 4.72 Å². The van der Waals surface area contributed by atoms with Gasteiger partial charge in [-0.3, -0.25) is 4.72 Å². The molecule has 0 amide bonds. The SMILES string of the molecule is COCCCS(=O)(=O)Nc1ccc(S(N)(=O)=O)cc1C. The second kappa shape index (κ2) is 6.53. The number of benzene rings is 1. The molecule has 0 aromatic heterocycles. The highest BCUT2D eigenvalue weighted by Gasteiger charge is 2.14. The molecule has 1 aromatic carbocycles. The maximum absolute atomic E-state index is 11.8. The van der Waals surface area contributed by atoms with Crippen molar-refractivity contribution in [3.05, 3.63) is 23.8 Å². The quantitative estimate of drug-likeness (QED) is 0.706. The Morgan fingerprint density at radius 2 is 1.90 bits per heavy atom. The number of ether oxygens (including phenoxy) is 1. The smallest absolute Gasteiger partial charge is 0.238 e. The standard InChI is InChI=1S/C11H18N2O5S2/c1-9-8-10(20(12,16)17)4-5-11(9)13-19(14,15)7-3-6-18-2/h4-5,8,13H,3,6-7H2,1-2H3,(H2,12,16,17). The van der Waals surface area contributed by atoms with E-state index in [0.717, 1.165) is 0 Å². The summed E-state index contributed by atoms with van der Waals surface area (Å²) in [5, 5.41) is 5.00. The summed E-state index contributed by atoms with van der Waals surface area (Å²) in [6, 6.07) is 3.96. The normalized spacial score (nSPS) is 12.3.